The molecular formula is C14H15F3N4O3S2. The molecule has 0 aliphatic carbocycles. The highest BCUT2D eigenvalue weighted by atomic mass is 32.2. The number of carbonyl (C=O) groups is 1. The van der Waals surface area contributed by atoms with Crippen LogP contribution < -0.4 is 0 Å². The second-order valence-electron chi connectivity index (χ2n) is 5.85. The maximum Gasteiger partial charge on any atom is 0.432 e. The molecule has 1 saturated heterocycles. The Balaban J connectivity index is 1.93. The number of halogens is 3. The quantitative estimate of drug-likeness (QED) is 0.841. The molecule has 0 radical (unpaired) electrons. The summed E-state index contributed by atoms with van der Waals surface area (Å²) >= 11 is 1.03. The number of amides is 1. The molecule has 0 spiro atoms. The molecule has 142 valence electrons. The van der Waals surface area contributed by atoms with Gasteiger partial charge < -0.3 is 4.90 Å². The van der Waals surface area contributed by atoms with E-state index >= 15 is 0 Å². The van der Waals surface area contributed by atoms with Crippen LogP contribution in [0.3, 0.4) is 0 Å². The first kappa shape index (κ1) is 18.9. The number of H-pyrrole nitrogens is 1. The standard InChI is InChI=1S/C14H15F3N4O3S2/c1-8-11(26(23,24)21-4-3-20(2)13(22)7-21)6-10(25-8)9-5-12(19-18-9)14(15,16)17/h5-6H,3-4,7H2,1-2H3,(H,18,19). The molecule has 3 rings (SSSR count). The van der Waals surface area contributed by atoms with E-state index in [4.69, 9.17) is 0 Å². The Morgan fingerprint density at radius 3 is 2.54 bits per heavy atom. The van der Waals surface area contributed by atoms with Gasteiger partial charge in [0.05, 0.1) is 16.3 Å². The van der Waals surface area contributed by atoms with E-state index in [9.17, 15) is 26.4 Å². The van der Waals surface area contributed by atoms with Crippen molar-refractivity contribution in [3.8, 4) is 10.6 Å². The normalized spacial score (nSPS) is 17.1. The number of aromatic nitrogens is 2. The SMILES string of the molecule is Cc1sc(-c2cc(C(F)(F)F)[nH]n2)cc1S(=O)(=O)N1CCN(C)C(=O)C1. The lowest BCUT2D eigenvalue weighted by atomic mass is 10.3. The third-order valence-electron chi connectivity index (χ3n) is 4.05. The highest BCUT2D eigenvalue weighted by Crippen LogP contribution is 2.36. The summed E-state index contributed by atoms with van der Waals surface area (Å²) < 4.78 is 64.8. The Labute approximate surface area is 151 Å². The van der Waals surface area contributed by atoms with Crippen molar-refractivity contribution in [2.24, 2.45) is 0 Å². The molecule has 1 aliphatic heterocycles. The minimum absolute atomic E-state index is 0.0151. The van der Waals surface area contributed by atoms with Crippen LogP contribution in [0.4, 0.5) is 13.2 Å². The van der Waals surface area contributed by atoms with Gasteiger partial charge >= 0.3 is 6.18 Å². The smallest absolute Gasteiger partial charge is 0.343 e. The molecule has 2 aromatic heterocycles. The van der Waals surface area contributed by atoms with Crippen molar-refractivity contribution < 1.29 is 26.4 Å². The number of aryl methyl sites for hydroxylation is 1. The van der Waals surface area contributed by atoms with Crippen molar-refractivity contribution in [3.63, 3.8) is 0 Å². The lowest BCUT2D eigenvalue weighted by Crippen LogP contribution is -2.50. The van der Waals surface area contributed by atoms with Crippen molar-refractivity contribution in [1.29, 1.82) is 0 Å². The first-order valence-electron chi connectivity index (χ1n) is 7.47. The average molecular weight is 408 g/mol. The van der Waals surface area contributed by atoms with E-state index in [1.165, 1.54) is 11.0 Å². The molecule has 7 nitrogen and oxygen atoms in total. The van der Waals surface area contributed by atoms with Crippen LogP contribution in [0.5, 0.6) is 0 Å². The van der Waals surface area contributed by atoms with Gasteiger partial charge in [-0.2, -0.15) is 22.6 Å². The molecule has 0 bridgehead atoms. The largest absolute Gasteiger partial charge is 0.432 e. The summed E-state index contributed by atoms with van der Waals surface area (Å²) in [6.45, 7) is 1.75. The van der Waals surface area contributed by atoms with E-state index in [2.05, 4.69) is 5.10 Å². The number of carbonyl (C=O) groups excluding carboxylic acids is 1. The molecular weight excluding hydrogens is 393 g/mol. The molecule has 2 aromatic rings. The van der Waals surface area contributed by atoms with Crippen molar-refractivity contribution in [1.82, 2.24) is 19.4 Å². The number of sulfonamides is 1. The highest BCUT2D eigenvalue weighted by Gasteiger charge is 2.35. The lowest BCUT2D eigenvalue weighted by molar-refractivity contribution is -0.141. The second-order valence-corrected chi connectivity index (χ2v) is 9.01. The van der Waals surface area contributed by atoms with E-state index in [1.54, 1.807) is 14.0 Å². The molecule has 3 heterocycles. The average Bonchev–Trinajstić information content (AvgIpc) is 3.16. The van der Waals surface area contributed by atoms with Gasteiger partial charge in [-0.05, 0) is 19.1 Å². The highest BCUT2D eigenvalue weighted by molar-refractivity contribution is 7.89. The Hall–Kier alpha value is -1.92. The zero-order valence-corrected chi connectivity index (χ0v) is 15.4. The molecule has 1 amide bonds. The fourth-order valence-electron chi connectivity index (χ4n) is 2.52. The lowest BCUT2D eigenvalue weighted by Gasteiger charge is -2.31. The first-order valence-corrected chi connectivity index (χ1v) is 9.73. The molecule has 1 fully saturated rings. The number of thiophene rings is 1. The van der Waals surface area contributed by atoms with Crippen molar-refractivity contribution in [2.75, 3.05) is 26.7 Å². The summed E-state index contributed by atoms with van der Waals surface area (Å²) in [7, 11) is -2.33. The number of aromatic amines is 1. The van der Waals surface area contributed by atoms with Gasteiger partial charge in [0.25, 0.3) is 0 Å². The summed E-state index contributed by atoms with van der Waals surface area (Å²) in [4.78, 5) is 13.9. The van der Waals surface area contributed by atoms with Gasteiger partial charge in [-0.1, -0.05) is 0 Å². The van der Waals surface area contributed by atoms with Crippen LogP contribution in [0, 0.1) is 6.92 Å². The Bertz CT molecular complexity index is 949. The van der Waals surface area contributed by atoms with Gasteiger partial charge in [0, 0.05) is 25.0 Å². The summed E-state index contributed by atoms with van der Waals surface area (Å²) in [5, 5.41) is 5.53. The van der Waals surface area contributed by atoms with Gasteiger partial charge in [-0.3, -0.25) is 9.89 Å². The van der Waals surface area contributed by atoms with Crippen LogP contribution in [-0.4, -0.2) is 60.4 Å². The van der Waals surface area contributed by atoms with E-state index in [0.717, 1.165) is 21.7 Å². The number of nitrogens with zero attached hydrogens (tertiary/aromatic N) is 3. The monoisotopic (exact) mass is 408 g/mol. The molecule has 0 unspecified atom stereocenters. The predicted octanol–water partition coefficient (Wildman–Crippen LogP) is 1.93. The van der Waals surface area contributed by atoms with E-state index in [0.29, 0.717) is 9.75 Å². The van der Waals surface area contributed by atoms with Crippen LogP contribution in [-0.2, 0) is 21.0 Å². The van der Waals surface area contributed by atoms with Crippen LogP contribution in [0.1, 0.15) is 10.6 Å². The summed E-state index contributed by atoms with van der Waals surface area (Å²) in [6, 6.07) is 2.13. The van der Waals surface area contributed by atoms with Crippen LogP contribution in [0.2, 0.25) is 0 Å². The number of piperazine rings is 1. The minimum Gasteiger partial charge on any atom is -0.343 e. The Morgan fingerprint density at radius 1 is 1.27 bits per heavy atom. The number of nitrogens with one attached hydrogen (secondary N) is 1. The topological polar surface area (TPSA) is 86.4 Å². The van der Waals surface area contributed by atoms with Gasteiger partial charge in [0.2, 0.25) is 15.9 Å². The zero-order chi connectivity index (χ0) is 19.3. The van der Waals surface area contributed by atoms with E-state index in [1.807, 2.05) is 5.10 Å². The number of hydrogen-bond acceptors (Lipinski definition) is 5. The molecule has 26 heavy (non-hydrogen) atoms. The molecule has 0 aromatic carbocycles. The maximum atomic E-state index is 12.8. The fraction of sp³-hybridized carbons (Fsp3) is 0.429. The molecule has 1 aliphatic rings. The van der Waals surface area contributed by atoms with Gasteiger partial charge in [0.1, 0.15) is 11.4 Å². The third-order valence-corrected chi connectivity index (χ3v) is 7.22. The second kappa shape index (κ2) is 6.35. The van der Waals surface area contributed by atoms with Gasteiger partial charge in [-0.15, -0.1) is 11.3 Å². The van der Waals surface area contributed by atoms with Crippen LogP contribution in [0.15, 0.2) is 17.0 Å². The van der Waals surface area contributed by atoms with Crippen LogP contribution in [0.25, 0.3) is 10.6 Å². The Kier molecular flexibility index (Phi) is 4.61. The predicted molar refractivity (Wildman–Crippen MR) is 88.0 cm³/mol. The van der Waals surface area contributed by atoms with Crippen molar-refractivity contribution in [2.45, 2.75) is 18.0 Å². The summed E-state index contributed by atoms with van der Waals surface area (Å²) in [5.74, 6) is -0.310. The first-order chi connectivity index (χ1) is 12.0. The molecule has 0 atom stereocenters. The maximum absolute atomic E-state index is 12.8. The van der Waals surface area contributed by atoms with Gasteiger partial charge in [0.15, 0.2) is 0 Å². The summed E-state index contributed by atoms with van der Waals surface area (Å²) in [6.07, 6.45) is -4.56. The number of alkyl halides is 3. The fourth-order valence-corrected chi connectivity index (χ4v) is 5.42. The van der Waals surface area contributed by atoms with Gasteiger partial charge in [-0.25, -0.2) is 8.42 Å². The number of likely N-dealkylation sites (N-methyl/N-ethyl adjacent to an activating group) is 1. The Morgan fingerprint density at radius 2 is 1.96 bits per heavy atom. The minimum atomic E-state index is -4.56. The van der Waals surface area contributed by atoms with E-state index < -0.39 is 21.9 Å². The van der Waals surface area contributed by atoms with E-state index in [-0.39, 0.29) is 36.1 Å². The molecule has 12 heteroatoms. The van der Waals surface area contributed by atoms with Crippen LogP contribution >= 0.6 is 11.3 Å². The molecule has 0 saturated carbocycles. The summed E-state index contributed by atoms with van der Waals surface area (Å²) in [5.41, 5.74) is -0.992. The van der Waals surface area contributed by atoms with Crippen molar-refractivity contribution >= 4 is 27.3 Å². The molecule has 1 N–H and O–H groups in total. The zero-order valence-electron chi connectivity index (χ0n) is 13.8. The van der Waals surface area contributed by atoms with Crippen molar-refractivity contribution in [3.05, 3.63) is 22.7 Å². The number of rotatable bonds is 3. The number of hydrogen-bond donors (Lipinski definition) is 1. The third kappa shape index (κ3) is 3.35.